The van der Waals surface area contributed by atoms with Crippen LogP contribution in [0.2, 0.25) is 15.1 Å². The lowest BCUT2D eigenvalue weighted by Gasteiger charge is -2.10. The first-order chi connectivity index (χ1) is 15.6. The van der Waals surface area contributed by atoms with Gasteiger partial charge >= 0.3 is 6.18 Å². The van der Waals surface area contributed by atoms with Gasteiger partial charge in [0.05, 0.1) is 22.0 Å². The van der Waals surface area contributed by atoms with Gasteiger partial charge in [-0.1, -0.05) is 53.0 Å². The number of aromatic nitrogens is 2. The lowest BCUT2D eigenvalue weighted by atomic mass is 10.1. The fourth-order valence-electron chi connectivity index (χ4n) is 3.12. The Labute approximate surface area is 201 Å². The average Bonchev–Trinajstić information content (AvgIpc) is 3.21. The van der Waals surface area contributed by atoms with Gasteiger partial charge in [0.2, 0.25) is 0 Å². The normalized spacial score (nSPS) is 11.5. The van der Waals surface area contributed by atoms with Crippen molar-refractivity contribution in [1.29, 1.82) is 0 Å². The molecule has 0 aliphatic rings. The minimum Gasteiger partial charge on any atom is -0.321 e. The van der Waals surface area contributed by atoms with Gasteiger partial charge in [0.1, 0.15) is 0 Å². The quantitative estimate of drug-likeness (QED) is 0.305. The number of alkyl halides is 3. The molecule has 0 aliphatic heterocycles. The number of anilines is 1. The highest BCUT2D eigenvalue weighted by molar-refractivity contribution is 6.34. The molecular weight excluding hydrogens is 498 g/mol. The monoisotopic (exact) mass is 509 g/mol. The molecule has 0 spiro atoms. The molecule has 1 amide bonds. The second kappa shape index (κ2) is 9.09. The van der Waals surface area contributed by atoms with Crippen molar-refractivity contribution >= 4 is 46.4 Å². The van der Waals surface area contributed by atoms with Crippen LogP contribution in [0.25, 0.3) is 16.9 Å². The van der Waals surface area contributed by atoms with Crippen LogP contribution in [0, 0.1) is 0 Å². The Morgan fingerprint density at radius 1 is 0.879 bits per heavy atom. The molecule has 0 radical (unpaired) electrons. The van der Waals surface area contributed by atoms with Crippen molar-refractivity contribution in [1.82, 2.24) is 9.78 Å². The second-order valence-corrected chi connectivity index (χ2v) is 8.24. The Morgan fingerprint density at radius 2 is 1.58 bits per heavy atom. The predicted molar refractivity (Wildman–Crippen MR) is 123 cm³/mol. The molecule has 4 aromatic rings. The van der Waals surface area contributed by atoms with E-state index in [-0.39, 0.29) is 11.4 Å². The highest BCUT2D eigenvalue weighted by Crippen LogP contribution is 2.32. The van der Waals surface area contributed by atoms with Gasteiger partial charge in [-0.2, -0.15) is 18.3 Å². The van der Waals surface area contributed by atoms with Crippen molar-refractivity contribution < 1.29 is 18.0 Å². The summed E-state index contributed by atoms with van der Waals surface area (Å²) in [6, 6.07) is 17.5. The van der Waals surface area contributed by atoms with Crippen molar-refractivity contribution in [2.75, 3.05) is 5.32 Å². The van der Waals surface area contributed by atoms with Crippen LogP contribution < -0.4 is 5.32 Å². The largest absolute Gasteiger partial charge is 0.416 e. The Morgan fingerprint density at radius 3 is 2.27 bits per heavy atom. The first-order valence-electron chi connectivity index (χ1n) is 9.42. The van der Waals surface area contributed by atoms with E-state index in [4.69, 9.17) is 34.8 Å². The number of nitrogens with one attached hydrogen (secondary N) is 1. The van der Waals surface area contributed by atoms with E-state index < -0.39 is 17.6 Å². The van der Waals surface area contributed by atoms with E-state index in [0.717, 1.165) is 12.1 Å². The fourth-order valence-corrected chi connectivity index (χ4v) is 3.61. The second-order valence-electron chi connectivity index (χ2n) is 6.96. The first kappa shape index (κ1) is 23.2. The molecule has 0 saturated carbocycles. The van der Waals surface area contributed by atoms with E-state index in [2.05, 4.69) is 10.4 Å². The minimum absolute atomic E-state index is 0.0156. The third kappa shape index (κ3) is 5.16. The third-order valence-electron chi connectivity index (χ3n) is 4.67. The molecule has 10 heteroatoms. The number of carbonyl (C=O) groups excluding carboxylic acids is 1. The minimum atomic E-state index is -4.53. The number of benzene rings is 3. The summed E-state index contributed by atoms with van der Waals surface area (Å²) in [6.07, 6.45) is -4.53. The van der Waals surface area contributed by atoms with Crippen molar-refractivity contribution in [2.24, 2.45) is 0 Å². The van der Waals surface area contributed by atoms with Crippen LogP contribution in [0.4, 0.5) is 18.9 Å². The first-order valence-corrected chi connectivity index (χ1v) is 10.6. The Balaban J connectivity index is 1.76. The van der Waals surface area contributed by atoms with Crippen LogP contribution in [0.3, 0.4) is 0 Å². The molecule has 0 atom stereocenters. The van der Waals surface area contributed by atoms with Crippen LogP contribution in [-0.2, 0) is 6.18 Å². The van der Waals surface area contributed by atoms with Gasteiger partial charge in [0, 0.05) is 21.3 Å². The molecule has 33 heavy (non-hydrogen) atoms. The summed E-state index contributed by atoms with van der Waals surface area (Å²) in [5.74, 6) is -0.693. The molecule has 4 nitrogen and oxygen atoms in total. The van der Waals surface area contributed by atoms with Crippen LogP contribution in [0.15, 0.2) is 72.8 Å². The van der Waals surface area contributed by atoms with Crippen LogP contribution in [0.1, 0.15) is 16.1 Å². The van der Waals surface area contributed by atoms with Crippen LogP contribution in [0.5, 0.6) is 0 Å². The molecule has 0 bridgehead atoms. The molecular formula is C23H13Cl3F3N3O. The van der Waals surface area contributed by atoms with E-state index in [0.29, 0.717) is 32.0 Å². The number of hydrogen-bond acceptors (Lipinski definition) is 2. The van der Waals surface area contributed by atoms with E-state index in [1.54, 1.807) is 42.5 Å². The van der Waals surface area contributed by atoms with Gasteiger partial charge in [-0.05, 0) is 54.6 Å². The van der Waals surface area contributed by atoms with Crippen molar-refractivity contribution in [3.63, 3.8) is 0 Å². The predicted octanol–water partition coefficient (Wildman–Crippen LogP) is 7.77. The van der Waals surface area contributed by atoms with Crippen LogP contribution >= 0.6 is 34.8 Å². The van der Waals surface area contributed by atoms with Gasteiger partial charge < -0.3 is 5.32 Å². The maximum absolute atomic E-state index is 13.0. The molecule has 1 heterocycles. The zero-order valence-corrected chi connectivity index (χ0v) is 18.8. The number of hydrogen-bond donors (Lipinski definition) is 1. The number of nitrogens with zero attached hydrogens (tertiary/aromatic N) is 2. The van der Waals surface area contributed by atoms with Crippen molar-refractivity contribution in [3.05, 3.63) is 99.1 Å². The van der Waals surface area contributed by atoms with Gasteiger partial charge in [-0.15, -0.1) is 0 Å². The Bertz CT molecular complexity index is 1340. The van der Waals surface area contributed by atoms with Gasteiger partial charge in [-0.3, -0.25) is 4.79 Å². The Kier molecular flexibility index (Phi) is 6.38. The van der Waals surface area contributed by atoms with Gasteiger partial charge in [0.25, 0.3) is 5.91 Å². The number of rotatable bonds is 4. The topological polar surface area (TPSA) is 46.9 Å². The molecule has 1 N–H and O–H groups in total. The zero-order valence-electron chi connectivity index (χ0n) is 16.5. The van der Waals surface area contributed by atoms with Crippen LogP contribution in [-0.4, -0.2) is 15.7 Å². The lowest BCUT2D eigenvalue weighted by Crippen LogP contribution is -2.14. The highest BCUT2D eigenvalue weighted by atomic mass is 35.5. The third-order valence-corrected chi connectivity index (χ3v) is 5.47. The van der Waals surface area contributed by atoms with Crippen molar-refractivity contribution in [3.8, 4) is 16.9 Å². The lowest BCUT2D eigenvalue weighted by molar-refractivity contribution is -0.137. The SMILES string of the molecule is O=C(Nc1cccc(C(F)(F)F)c1)c1cc(-c2ccc(Cl)cc2)n(-c2cc(Cl)ccc2Cl)n1. The summed E-state index contributed by atoms with van der Waals surface area (Å²) in [5.41, 5.74) is 0.684. The molecule has 0 aliphatic carbocycles. The summed E-state index contributed by atoms with van der Waals surface area (Å²) in [7, 11) is 0. The molecule has 3 aromatic carbocycles. The molecule has 0 fully saturated rings. The maximum atomic E-state index is 13.0. The summed E-state index contributed by atoms with van der Waals surface area (Å²) in [6.45, 7) is 0. The van der Waals surface area contributed by atoms with E-state index in [1.807, 2.05) is 0 Å². The van der Waals surface area contributed by atoms with Gasteiger partial charge in [0.15, 0.2) is 5.69 Å². The van der Waals surface area contributed by atoms with E-state index in [9.17, 15) is 18.0 Å². The van der Waals surface area contributed by atoms with E-state index >= 15 is 0 Å². The maximum Gasteiger partial charge on any atom is 0.416 e. The molecule has 0 saturated heterocycles. The van der Waals surface area contributed by atoms with E-state index in [1.165, 1.54) is 22.9 Å². The molecule has 0 unspecified atom stereocenters. The fraction of sp³-hybridized carbons (Fsp3) is 0.0435. The summed E-state index contributed by atoms with van der Waals surface area (Å²) < 4.78 is 40.4. The zero-order chi connectivity index (χ0) is 23.8. The standard InChI is InChI=1S/C23H13Cl3F3N3O/c24-15-6-4-13(5-7-15)20-12-19(31-32(20)21-11-16(25)8-9-18(21)26)22(33)30-17-3-1-2-14(10-17)23(27,28)29/h1-12H,(H,30,33). The number of carbonyl (C=O) groups is 1. The highest BCUT2D eigenvalue weighted by Gasteiger charge is 2.30. The summed E-state index contributed by atoms with van der Waals surface area (Å²) >= 11 is 18.5. The summed E-state index contributed by atoms with van der Waals surface area (Å²) in [4.78, 5) is 12.9. The molecule has 4 rings (SSSR count). The Hall–Kier alpha value is -3.00. The van der Waals surface area contributed by atoms with Crippen molar-refractivity contribution in [2.45, 2.75) is 6.18 Å². The van der Waals surface area contributed by atoms with Gasteiger partial charge in [-0.25, -0.2) is 4.68 Å². The average molecular weight is 511 g/mol. The molecule has 168 valence electrons. The number of amides is 1. The summed E-state index contributed by atoms with van der Waals surface area (Å²) in [5, 5.41) is 8.07. The molecule has 1 aromatic heterocycles. The smallest absolute Gasteiger partial charge is 0.321 e. The number of halogens is 6.